The number of aromatic nitrogens is 2. The number of fused-ring (bicyclic) bond motifs is 3. The maximum atomic E-state index is 6.01. The number of imidazole rings is 1. The molecule has 3 rings (SSSR count). The Morgan fingerprint density at radius 1 is 1.41 bits per heavy atom. The SMILES string of the molecule is C[C@H](N)c1ncn2c1CCc1cc(Cl)ccc1-2. The Morgan fingerprint density at radius 2 is 2.24 bits per heavy atom. The van der Waals surface area contributed by atoms with Crippen LogP contribution < -0.4 is 5.73 Å². The molecule has 0 amide bonds. The number of hydrogen-bond donors (Lipinski definition) is 1. The summed E-state index contributed by atoms with van der Waals surface area (Å²) in [5.41, 5.74) is 10.6. The number of nitrogens with two attached hydrogens (primary N) is 1. The van der Waals surface area contributed by atoms with Gasteiger partial charge in [-0.1, -0.05) is 11.6 Å². The molecule has 0 unspecified atom stereocenters. The van der Waals surface area contributed by atoms with E-state index in [1.807, 2.05) is 31.5 Å². The van der Waals surface area contributed by atoms with Crippen LogP contribution in [-0.4, -0.2) is 9.55 Å². The van der Waals surface area contributed by atoms with E-state index in [1.165, 1.54) is 16.9 Å². The molecule has 1 aliphatic rings. The number of aryl methyl sites for hydroxylation is 1. The van der Waals surface area contributed by atoms with Crippen LogP contribution in [0.1, 0.15) is 29.9 Å². The summed E-state index contributed by atoms with van der Waals surface area (Å²) in [5, 5.41) is 0.791. The lowest BCUT2D eigenvalue weighted by molar-refractivity contribution is 0.738. The highest BCUT2D eigenvalue weighted by Gasteiger charge is 2.21. The van der Waals surface area contributed by atoms with Crippen LogP contribution in [0.15, 0.2) is 24.5 Å². The van der Waals surface area contributed by atoms with Crippen molar-refractivity contribution in [2.75, 3.05) is 0 Å². The lowest BCUT2D eigenvalue weighted by Gasteiger charge is -2.20. The summed E-state index contributed by atoms with van der Waals surface area (Å²) in [6.45, 7) is 1.97. The van der Waals surface area contributed by atoms with Crippen molar-refractivity contribution in [3.05, 3.63) is 46.5 Å². The third-order valence-corrected chi connectivity index (χ3v) is 3.50. The van der Waals surface area contributed by atoms with Gasteiger partial charge in [0.15, 0.2) is 0 Å². The first-order valence-electron chi connectivity index (χ1n) is 5.77. The summed E-state index contributed by atoms with van der Waals surface area (Å²) in [4.78, 5) is 4.42. The van der Waals surface area contributed by atoms with Gasteiger partial charge >= 0.3 is 0 Å². The van der Waals surface area contributed by atoms with Crippen LogP contribution in [0.2, 0.25) is 5.02 Å². The molecule has 1 aliphatic heterocycles. The van der Waals surface area contributed by atoms with Gasteiger partial charge in [-0.3, -0.25) is 0 Å². The number of nitrogens with zero attached hydrogens (tertiary/aromatic N) is 2. The summed E-state index contributed by atoms with van der Waals surface area (Å²) in [5.74, 6) is 0. The highest BCUT2D eigenvalue weighted by atomic mass is 35.5. The molecule has 0 fully saturated rings. The Labute approximate surface area is 105 Å². The van der Waals surface area contributed by atoms with Gasteiger partial charge in [0.1, 0.15) is 0 Å². The van der Waals surface area contributed by atoms with Gasteiger partial charge in [0.05, 0.1) is 17.7 Å². The van der Waals surface area contributed by atoms with Crippen LogP contribution in [0.25, 0.3) is 5.69 Å². The van der Waals surface area contributed by atoms with Crippen LogP contribution in [0.4, 0.5) is 0 Å². The minimum absolute atomic E-state index is 0.0138. The smallest absolute Gasteiger partial charge is 0.0998 e. The highest BCUT2D eigenvalue weighted by Crippen LogP contribution is 2.29. The quantitative estimate of drug-likeness (QED) is 0.842. The Kier molecular flexibility index (Phi) is 2.45. The molecule has 1 atom stereocenters. The first kappa shape index (κ1) is 10.8. The molecule has 0 saturated carbocycles. The molecule has 2 heterocycles. The normalized spacial score (nSPS) is 15.2. The van der Waals surface area contributed by atoms with Gasteiger partial charge in [-0.25, -0.2) is 4.98 Å². The van der Waals surface area contributed by atoms with Crippen LogP contribution in [0.5, 0.6) is 0 Å². The molecule has 0 saturated heterocycles. The molecule has 4 heteroatoms. The van der Waals surface area contributed by atoms with Crippen molar-refractivity contribution < 1.29 is 0 Å². The van der Waals surface area contributed by atoms with E-state index in [0.717, 1.165) is 23.6 Å². The molecule has 2 aromatic rings. The van der Waals surface area contributed by atoms with E-state index in [9.17, 15) is 0 Å². The third-order valence-electron chi connectivity index (χ3n) is 3.26. The van der Waals surface area contributed by atoms with Crippen molar-refractivity contribution >= 4 is 11.6 Å². The topological polar surface area (TPSA) is 43.8 Å². The van der Waals surface area contributed by atoms with Crippen molar-refractivity contribution in [2.45, 2.75) is 25.8 Å². The van der Waals surface area contributed by atoms with E-state index in [2.05, 4.69) is 9.55 Å². The molecule has 88 valence electrons. The third kappa shape index (κ3) is 1.66. The van der Waals surface area contributed by atoms with E-state index in [4.69, 9.17) is 17.3 Å². The molecule has 1 aromatic heterocycles. The number of hydrogen-bond acceptors (Lipinski definition) is 2. The molecular weight excluding hydrogens is 234 g/mol. The lowest BCUT2D eigenvalue weighted by Crippen LogP contribution is -2.15. The zero-order valence-corrected chi connectivity index (χ0v) is 10.4. The highest BCUT2D eigenvalue weighted by molar-refractivity contribution is 6.30. The van der Waals surface area contributed by atoms with Crippen molar-refractivity contribution in [3.8, 4) is 5.69 Å². The largest absolute Gasteiger partial charge is 0.323 e. The maximum Gasteiger partial charge on any atom is 0.0998 e. The van der Waals surface area contributed by atoms with Gasteiger partial charge in [0, 0.05) is 16.8 Å². The minimum Gasteiger partial charge on any atom is -0.323 e. The van der Waals surface area contributed by atoms with Gasteiger partial charge < -0.3 is 10.3 Å². The van der Waals surface area contributed by atoms with Crippen molar-refractivity contribution in [1.29, 1.82) is 0 Å². The summed E-state index contributed by atoms with van der Waals surface area (Å²) in [7, 11) is 0. The lowest BCUT2D eigenvalue weighted by atomic mass is 9.99. The number of benzene rings is 1. The Balaban J connectivity index is 2.18. The second-order valence-corrected chi connectivity index (χ2v) is 4.94. The van der Waals surface area contributed by atoms with E-state index < -0.39 is 0 Å². The van der Waals surface area contributed by atoms with E-state index in [1.54, 1.807) is 0 Å². The van der Waals surface area contributed by atoms with Crippen LogP contribution in [0, 0.1) is 0 Å². The predicted octanol–water partition coefficient (Wildman–Crippen LogP) is 2.64. The van der Waals surface area contributed by atoms with Crippen molar-refractivity contribution in [1.82, 2.24) is 9.55 Å². The van der Waals surface area contributed by atoms with Gasteiger partial charge in [0.2, 0.25) is 0 Å². The fourth-order valence-electron chi connectivity index (χ4n) is 2.47. The average Bonchev–Trinajstić information content (AvgIpc) is 2.72. The molecule has 0 radical (unpaired) electrons. The molecule has 2 N–H and O–H groups in total. The number of rotatable bonds is 1. The average molecular weight is 248 g/mol. The van der Waals surface area contributed by atoms with Crippen LogP contribution >= 0.6 is 11.6 Å². The van der Waals surface area contributed by atoms with Gasteiger partial charge in [-0.2, -0.15) is 0 Å². The molecule has 3 nitrogen and oxygen atoms in total. The summed E-state index contributed by atoms with van der Waals surface area (Å²) in [6.07, 6.45) is 3.84. The molecule has 0 spiro atoms. The summed E-state index contributed by atoms with van der Waals surface area (Å²) in [6, 6.07) is 5.99. The van der Waals surface area contributed by atoms with E-state index in [-0.39, 0.29) is 6.04 Å². The van der Waals surface area contributed by atoms with Crippen molar-refractivity contribution in [3.63, 3.8) is 0 Å². The Hall–Kier alpha value is -1.32. The van der Waals surface area contributed by atoms with Crippen LogP contribution in [-0.2, 0) is 12.8 Å². The fourth-order valence-corrected chi connectivity index (χ4v) is 2.66. The maximum absolute atomic E-state index is 6.01. The van der Waals surface area contributed by atoms with Crippen molar-refractivity contribution in [2.24, 2.45) is 5.73 Å². The number of halogens is 1. The van der Waals surface area contributed by atoms with E-state index >= 15 is 0 Å². The Bertz CT molecular complexity index is 572. The molecular formula is C13H14ClN3. The predicted molar refractivity (Wildman–Crippen MR) is 68.6 cm³/mol. The fraction of sp³-hybridized carbons (Fsp3) is 0.308. The monoisotopic (exact) mass is 247 g/mol. The molecule has 17 heavy (non-hydrogen) atoms. The van der Waals surface area contributed by atoms with Gasteiger partial charge in [0.25, 0.3) is 0 Å². The zero-order chi connectivity index (χ0) is 12.0. The molecule has 0 aliphatic carbocycles. The van der Waals surface area contributed by atoms with Gasteiger partial charge in [-0.15, -0.1) is 0 Å². The van der Waals surface area contributed by atoms with E-state index in [0.29, 0.717) is 0 Å². The standard InChI is InChI=1S/C13H14ClN3/c1-8(15)13-12-4-2-9-6-10(14)3-5-11(9)17(12)7-16-13/h3,5-8H,2,4,15H2,1H3/t8-/m0/s1. The second-order valence-electron chi connectivity index (χ2n) is 4.51. The molecule has 0 bridgehead atoms. The summed E-state index contributed by atoms with van der Waals surface area (Å²) < 4.78 is 2.13. The first-order valence-corrected chi connectivity index (χ1v) is 6.15. The second kappa shape index (κ2) is 3.86. The minimum atomic E-state index is -0.0138. The zero-order valence-electron chi connectivity index (χ0n) is 9.65. The Morgan fingerprint density at radius 3 is 3.00 bits per heavy atom. The molecule has 1 aromatic carbocycles. The van der Waals surface area contributed by atoms with Gasteiger partial charge in [-0.05, 0) is 43.5 Å². The first-order chi connectivity index (χ1) is 8.16. The van der Waals surface area contributed by atoms with Crippen LogP contribution in [0.3, 0.4) is 0 Å². The summed E-state index contributed by atoms with van der Waals surface area (Å²) >= 11 is 6.01.